The second kappa shape index (κ2) is 8.48. The van der Waals surface area contributed by atoms with E-state index in [1.807, 2.05) is 25.1 Å². The second-order valence-corrected chi connectivity index (χ2v) is 6.97. The number of furan rings is 1. The van der Waals surface area contributed by atoms with E-state index in [0.717, 1.165) is 32.1 Å². The van der Waals surface area contributed by atoms with E-state index in [-0.39, 0.29) is 12.4 Å². The zero-order valence-electron chi connectivity index (χ0n) is 15.5. The lowest BCUT2D eigenvalue weighted by Gasteiger charge is -2.13. The number of carbonyl (C=O) groups is 1. The van der Waals surface area contributed by atoms with E-state index in [1.54, 1.807) is 32.4 Å². The maximum Gasteiger partial charge on any atom is 0.310 e. The molecular weight excluding hydrogens is 412 g/mol. The molecule has 0 spiro atoms. The minimum atomic E-state index is -0.286. The Labute approximate surface area is 166 Å². The Hall–Kier alpha value is -2.47. The van der Waals surface area contributed by atoms with Crippen LogP contribution in [0.4, 0.5) is 0 Å². The summed E-state index contributed by atoms with van der Waals surface area (Å²) in [5.74, 6) is 0.980. The first-order chi connectivity index (χ1) is 13.0. The van der Waals surface area contributed by atoms with E-state index >= 15 is 0 Å². The normalized spacial score (nSPS) is 10.8. The summed E-state index contributed by atoms with van der Waals surface area (Å²) in [4.78, 5) is 11.9. The van der Waals surface area contributed by atoms with Crippen molar-refractivity contribution in [3.8, 4) is 11.5 Å². The van der Waals surface area contributed by atoms with Gasteiger partial charge < -0.3 is 18.6 Å². The van der Waals surface area contributed by atoms with E-state index in [9.17, 15) is 4.79 Å². The quantitative estimate of drug-likeness (QED) is 0.480. The molecular formula is C21H21BrO5. The highest BCUT2D eigenvalue weighted by atomic mass is 79.9. The number of benzene rings is 2. The third-order valence-electron chi connectivity index (χ3n) is 4.19. The minimum Gasteiger partial charge on any atom is -0.497 e. The van der Waals surface area contributed by atoms with Crippen LogP contribution in [0.5, 0.6) is 11.5 Å². The molecule has 0 bridgehead atoms. The molecule has 0 atom stereocenters. The van der Waals surface area contributed by atoms with Gasteiger partial charge in [-0.05, 0) is 59.1 Å². The van der Waals surface area contributed by atoms with Gasteiger partial charge in [-0.3, -0.25) is 4.79 Å². The van der Waals surface area contributed by atoms with E-state index in [4.69, 9.17) is 18.6 Å². The molecule has 0 N–H and O–H groups in total. The van der Waals surface area contributed by atoms with Crippen LogP contribution in [0.3, 0.4) is 0 Å². The highest BCUT2D eigenvalue weighted by molar-refractivity contribution is 9.10. The fourth-order valence-corrected chi connectivity index (χ4v) is 3.43. The lowest BCUT2D eigenvalue weighted by molar-refractivity contribution is -0.142. The summed E-state index contributed by atoms with van der Waals surface area (Å²) in [6.07, 6.45) is 1.89. The number of aryl methyl sites for hydroxylation is 1. The number of hydrogen-bond donors (Lipinski definition) is 0. The van der Waals surface area contributed by atoms with E-state index in [0.29, 0.717) is 24.7 Å². The summed E-state index contributed by atoms with van der Waals surface area (Å²) in [6, 6.07) is 9.43. The topological polar surface area (TPSA) is 57.9 Å². The first-order valence-corrected chi connectivity index (χ1v) is 9.42. The molecule has 0 aliphatic carbocycles. The van der Waals surface area contributed by atoms with Crippen LogP contribution in [-0.4, -0.2) is 19.7 Å². The third kappa shape index (κ3) is 4.45. The van der Waals surface area contributed by atoms with Gasteiger partial charge in [0.2, 0.25) is 0 Å². The summed E-state index contributed by atoms with van der Waals surface area (Å²) < 4.78 is 22.8. The van der Waals surface area contributed by atoms with Crippen molar-refractivity contribution in [3.05, 3.63) is 57.8 Å². The van der Waals surface area contributed by atoms with Gasteiger partial charge in [-0.2, -0.15) is 0 Å². The van der Waals surface area contributed by atoms with Gasteiger partial charge in [0.15, 0.2) is 0 Å². The van der Waals surface area contributed by atoms with Crippen molar-refractivity contribution in [2.24, 2.45) is 0 Å². The molecule has 0 aliphatic heterocycles. The number of ether oxygens (including phenoxy) is 3. The predicted octanol–water partition coefficient (Wildman–Crippen LogP) is 5.20. The number of rotatable bonds is 7. The number of halogens is 1. The second-order valence-electron chi connectivity index (χ2n) is 6.12. The number of methoxy groups -OCH3 is 1. The third-order valence-corrected chi connectivity index (χ3v) is 4.78. The van der Waals surface area contributed by atoms with Gasteiger partial charge >= 0.3 is 5.97 Å². The molecule has 5 nitrogen and oxygen atoms in total. The van der Waals surface area contributed by atoms with E-state index < -0.39 is 0 Å². The molecule has 6 heteroatoms. The van der Waals surface area contributed by atoms with Crippen LogP contribution in [0.1, 0.15) is 23.6 Å². The fraction of sp³-hybridized carbons (Fsp3) is 0.286. The standard InChI is InChI=1S/C21H21BrO5/c1-4-25-20(23)9-15-5-6-16(24-3)10-19(15)26-12-14-7-17-13(2)11-27-21(17)18(22)8-14/h5-8,10-11H,4,9,12H2,1-3H3. The van der Waals surface area contributed by atoms with Gasteiger partial charge in [-0.25, -0.2) is 0 Å². The van der Waals surface area contributed by atoms with Crippen molar-refractivity contribution >= 4 is 32.9 Å². The summed E-state index contributed by atoms with van der Waals surface area (Å²) in [6.45, 7) is 4.49. The SMILES string of the molecule is CCOC(=O)Cc1ccc(OC)cc1OCc1cc(Br)c2occ(C)c2c1. The maximum atomic E-state index is 11.9. The Morgan fingerprint density at radius 1 is 1.22 bits per heavy atom. The summed E-state index contributed by atoms with van der Waals surface area (Å²) in [7, 11) is 1.59. The van der Waals surface area contributed by atoms with Crippen LogP contribution in [-0.2, 0) is 22.6 Å². The number of esters is 1. The van der Waals surface area contributed by atoms with Crippen LogP contribution in [0.2, 0.25) is 0 Å². The van der Waals surface area contributed by atoms with E-state index in [2.05, 4.69) is 15.9 Å². The Bertz CT molecular complexity index is 961. The van der Waals surface area contributed by atoms with Crippen molar-refractivity contribution in [2.75, 3.05) is 13.7 Å². The molecule has 3 rings (SSSR count). The summed E-state index contributed by atoms with van der Waals surface area (Å²) in [5.41, 5.74) is 3.63. The molecule has 142 valence electrons. The molecule has 0 fully saturated rings. The predicted molar refractivity (Wildman–Crippen MR) is 106 cm³/mol. The smallest absolute Gasteiger partial charge is 0.310 e. The lowest BCUT2D eigenvalue weighted by atomic mass is 10.1. The van der Waals surface area contributed by atoms with Gasteiger partial charge in [0.25, 0.3) is 0 Å². The van der Waals surface area contributed by atoms with E-state index in [1.165, 1.54) is 0 Å². The molecule has 0 radical (unpaired) electrons. The van der Waals surface area contributed by atoms with Gasteiger partial charge in [-0.15, -0.1) is 0 Å². The Balaban J connectivity index is 1.84. The molecule has 1 heterocycles. The van der Waals surface area contributed by atoms with Crippen LogP contribution in [0.25, 0.3) is 11.0 Å². The Morgan fingerprint density at radius 3 is 2.78 bits per heavy atom. The van der Waals surface area contributed by atoms with Crippen molar-refractivity contribution < 1.29 is 23.4 Å². The van der Waals surface area contributed by atoms with Crippen molar-refractivity contribution in [2.45, 2.75) is 26.9 Å². The molecule has 3 aromatic rings. The molecule has 1 aromatic heterocycles. The first kappa shape index (κ1) is 19.3. The number of fused-ring (bicyclic) bond motifs is 1. The van der Waals surface area contributed by atoms with Crippen LogP contribution in [0, 0.1) is 6.92 Å². The fourth-order valence-electron chi connectivity index (χ4n) is 2.83. The Morgan fingerprint density at radius 2 is 2.04 bits per heavy atom. The zero-order chi connectivity index (χ0) is 19.4. The largest absolute Gasteiger partial charge is 0.497 e. The minimum absolute atomic E-state index is 0.150. The monoisotopic (exact) mass is 432 g/mol. The lowest BCUT2D eigenvalue weighted by Crippen LogP contribution is -2.09. The van der Waals surface area contributed by atoms with Crippen molar-refractivity contribution in [1.29, 1.82) is 0 Å². The molecule has 0 unspecified atom stereocenters. The van der Waals surface area contributed by atoms with Crippen molar-refractivity contribution in [1.82, 2.24) is 0 Å². The molecule has 0 aliphatic rings. The average molecular weight is 433 g/mol. The number of hydrogen-bond acceptors (Lipinski definition) is 5. The van der Waals surface area contributed by atoms with Gasteiger partial charge in [0.1, 0.15) is 23.7 Å². The molecule has 0 amide bonds. The molecule has 2 aromatic carbocycles. The maximum absolute atomic E-state index is 11.9. The highest BCUT2D eigenvalue weighted by Crippen LogP contribution is 2.31. The molecule has 27 heavy (non-hydrogen) atoms. The first-order valence-electron chi connectivity index (χ1n) is 8.63. The summed E-state index contributed by atoms with van der Waals surface area (Å²) >= 11 is 3.54. The van der Waals surface area contributed by atoms with Crippen molar-refractivity contribution in [3.63, 3.8) is 0 Å². The average Bonchev–Trinajstić information content (AvgIpc) is 3.02. The zero-order valence-corrected chi connectivity index (χ0v) is 17.1. The highest BCUT2D eigenvalue weighted by Gasteiger charge is 2.13. The van der Waals surface area contributed by atoms with Gasteiger partial charge in [-0.1, -0.05) is 6.07 Å². The van der Waals surface area contributed by atoms with Gasteiger partial charge in [0.05, 0.1) is 30.9 Å². The van der Waals surface area contributed by atoms with Crippen LogP contribution < -0.4 is 9.47 Å². The molecule has 0 saturated carbocycles. The van der Waals surface area contributed by atoms with Crippen LogP contribution >= 0.6 is 15.9 Å². The molecule has 0 saturated heterocycles. The summed E-state index contributed by atoms with van der Waals surface area (Å²) in [5, 5.41) is 1.04. The van der Waals surface area contributed by atoms with Crippen LogP contribution in [0.15, 0.2) is 45.5 Å². The Kier molecular flexibility index (Phi) is 6.06. The number of carbonyl (C=O) groups excluding carboxylic acids is 1. The van der Waals surface area contributed by atoms with Gasteiger partial charge in [0, 0.05) is 17.0 Å².